The number of aromatic hydroxyl groups is 3. The van der Waals surface area contributed by atoms with Crippen molar-refractivity contribution in [3.05, 3.63) is 159 Å². The second-order valence-electron chi connectivity index (χ2n) is 28.2. The molecule has 7 aliphatic heterocycles. The van der Waals surface area contributed by atoms with Gasteiger partial charge in [-0.25, -0.2) is 4.79 Å². The predicted octanol–water partition coefficient (Wildman–Crippen LogP) is 0.849. The normalized spacial score (nSPS) is 27.1. The summed E-state index contributed by atoms with van der Waals surface area (Å²) in [5, 5.41) is 143. The van der Waals surface area contributed by atoms with Crippen LogP contribution in [0.2, 0.25) is 10.0 Å². The van der Waals surface area contributed by atoms with Gasteiger partial charge in [0.05, 0.1) is 47.9 Å². The molecule has 2 saturated heterocycles. The number of ether oxygens (including phenoxy) is 7. The highest BCUT2D eigenvalue weighted by Gasteiger charge is 2.52. The number of phenols is 3. The van der Waals surface area contributed by atoms with Crippen molar-refractivity contribution in [3.8, 4) is 62.9 Å². The molecule has 7 heterocycles. The van der Waals surface area contributed by atoms with E-state index < -0.39 is 242 Å². The third-order valence-corrected chi connectivity index (χ3v) is 20.5. The van der Waals surface area contributed by atoms with Crippen molar-refractivity contribution in [1.29, 1.82) is 5.41 Å². The number of aliphatic hydroxyl groups excluding tert-OH is 6. The highest BCUT2D eigenvalue weighted by atomic mass is 35.5. The van der Waals surface area contributed by atoms with Crippen LogP contribution in [0.3, 0.4) is 0 Å². The summed E-state index contributed by atoms with van der Waals surface area (Å²) >= 11 is 14.2. The third-order valence-electron chi connectivity index (χ3n) is 19.9. The topological polar surface area (TPSA) is 602 Å². The fourth-order valence-corrected chi connectivity index (χ4v) is 14.3. The van der Waals surface area contributed by atoms with Gasteiger partial charge < -0.3 is 144 Å². The number of benzene rings is 6. The fourth-order valence-electron chi connectivity index (χ4n) is 13.8. The standard InChI is InChI=1S/C76H86Cl2N12O25/c1-4-5-18-109-38-9-6-8-32(19-38)29-84-76(3)28-53(110-31(2)66(76)100)114-65-63(99)62(98)51(30-91)113-74(65)115-64-49-23-36-24-50(64)112-48-16-13-35(22-42(48)78)61(97)59-72(106)88-57(73(107)108)40-25-37(92)26-46(94)54(40)39-20-33(11-14-45(39)93)55(69(103)90-59)87-70(104)56(36)86-68(102)44(27-52(80)95)85-71(105)58(60(96)34-12-15-47(111-49)41(77)21-34)89-67(101)43(79)10-7-17-83-75(81)82/h4,6,8-9,11-16,19-26,31,43-44,51,53,55-63,65-66,74,84,91-94,96-100H,1,5,7,10,17-18,27-30,79H2,2-3H3,(H2,80,95)(H,85,105)(H,86,102)(H,87,104)(H,88,106)(H,89,101)(H,90,103)(H,107,108)(H4,81,82,83)/t31-,43-,44-,51+,53-,55+,56+,57-,58+,59-,60+,61+,62+,63-,65+,66+,74-,76-/m0/s1. The van der Waals surface area contributed by atoms with Gasteiger partial charge in [0.2, 0.25) is 53.4 Å². The zero-order valence-electron chi connectivity index (χ0n) is 61.4. The predicted molar refractivity (Wildman–Crippen MR) is 404 cm³/mol. The number of aliphatic hydroxyl groups is 6. The molecule has 0 unspecified atom stereocenters. The molecule has 0 spiro atoms. The third kappa shape index (κ3) is 19.3. The van der Waals surface area contributed by atoms with Crippen molar-refractivity contribution in [2.75, 3.05) is 19.8 Å². The number of amides is 7. The molecule has 39 heteroatoms. The van der Waals surface area contributed by atoms with Crippen molar-refractivity contribution in [2.45, 2.75) is 162 Å². The molecule has 25 N–H and O–H groups in total. The highest BCUT2D eigenvalue weighted by Crippen LogP contribution is 2.50. The van der Waals surface area contributed by atoms with Gasteiger partial charge in [0.15, 0.2) is 35.9 Å². The second kappa shape index (κ2) is 36.1. The molecule has 6 aromatic rings. The Bertz CT molecular complexity index is 4740. The summed E-state index contributed by atoms with van der Waals surface area (Å²) in [7, 11) is 0. The van der Waals surface area contributed by atoms with E-state index in [1.807, 2.05) is 6.07 Å². The van der Waals surface area contributed by atoms with E-state index in [-0.39, 0.29) is 60.8 Å². The van der Waals surface area contributed by atoms with E-state index in [4.69, 9.17) is 79.0 Å². The summed E-state index contributed by atoms with van der Waals surface area (Å²) in [6.07, 6.45) is -16.8. The van der Waals surface area contributed by atoms with Crippen molar-refractivity contribution >= 4 is 76.5 Å². The Balaban J connectivity index is 1.11. The van der Waals surface area contributed by atoms with Crippen LogP contribution in [0.1, 0.15) is 110 Å². The Kier molecular flexibility index (Phi) is 26.6. The first-order chi connectivity index (χ1) is 54.6. The molecule has 13 rings (SSSR count). The molecule has 11 bridgehead atoms. The molecule has 614 valence electrons. The molecule has 6 aromatic carbocycles. The number of guanidine groups is 1. The van der Waals surface area contributed by atoms with E-state index in [0.29, 0.717) is 18.8 Å². The van der Waals surface area contributed by atoms with Crippen molar-refractivity contribution < 1.29 is 123 Å². The number of carboxylic acid groups (broad SMARTS) is 1. The lowest BCUT2D eigenvalue weighted by Crippen LogP contribution is -2.65. The largest absolute Gasteiger partial charge is 0.508 e. The molecule has 0 aliphatic carbocycles. The smallest absolute Gasteiger partial charge is 0.330 e. The van der Waals surface area contributed by atoms with E-state index in [1.165, 1.54) is 6.07 Å². The summed E-state index contributed by atoms with van der Waals surface area (Å²) in [5.41, 5.74) is 13.9. The quantitative estimate of drug-likeness (QED) is 0.0205. The van der Waals surface area contributed by atoms with Gasteiger partial charge in [-0.3, -0.25) is 39.0 Å². The van der Waals surface area contributed by atoms with Crippen LogP contribution < -0.4 is 78.7 Å². The number of nitrogens with one attached hydrogen (secondary N) is 9. The number of halogens is 2. The summed E-state index contributed by atoms with van der Waals surface area (Å²) in [6, 6.07) is 5.55. The number of nitrogens with two attached hydrogens (primary N) is 3. The molecule has 7 aliphatic rings. The molecule has 2 fully saturated rings. The Hall–Kier alpha value is -11.2. The minimum Gasteiger partial charge on any atom is -0.508 e. The summed E-state index contributed by atoms with van der Waals surface area (Å²) in [6.45, 7) is 6.59. The van der Waals surface area contributed by atoms with Crippen LogP contribution in [0, 0.1) is 5.41 Å². The maximum absolute atomic E-state index is 16.2. The van der Waals surface area contributed by atoms with Crippen LogP contribution in [0.5, 0.6) is 51.7 Å². The first-order valence-corrected chi connectivity index (χ1v) is 36.8. The molecule has 37 nitrogen and oxygen atoms in total. The number of hydrogen-bond acceptors (Lipinski definition) is 27. The number of aliphatic carboxylic acids is 1. The first-order valence-electron chi connectivity index (χ1n) is 36.0. The highest BCUT2D eigenvalue weighted by molar-refractivity contribution is 6.32. The minimum atomic E-state index is -2.40. The summed E-state index contributed by atoms with van der Waals surface area (Å²) in [4.78, 5) is 118. The molecule has 115 heavy (non-hydrogen) atoms. The molecule has 0 aromatic heterocycles. The van der Waals surface area contributed by atoms with Gasteiger partial charge in [0.25, 0.3) is 0 Å². The molecule has 0 radical (unpaired) electrons. The van der Waals surface area contributed by atoms with Gasteiger partial charge in [0, 0.05) is 47.8 Å². The van der Waals surface area contributed by atoms with Crippen LogP contribution in [-0.4, -0.2) is 203 Å². The average molecular weight is 1640 g/mol. The molecular weight excluding hydrogens is 1550 g/mol. The van der Waals surface area contributed by atoms with Crippen LogP contribution in [0.4, 0.5) is 0 Å². The maximum Gasteiger partial charge on any atom is 0.330 e. The zero-order valence-corrected chi connectivity index (χ0v) is 62.9. The van der Waals surface area contributed by atoms with Gasteiger partial charge in [0.1, 0.15) is 95.2 Å². The summed E-state index contributed by atoms with van der Waals surface area (Å²) < 4.78 is 45.2. The van der Waals surface area contributed by atoms with E-state index >= 15 is 14.4 Å². The van der Waals surface area contributed by atoms with E-state index in [0.717, 1.165) is 78.4 Å². The molecule has 0 saturated carbocycles. The van der Waals surface area contributed by atoms with Gasteiger partial charge in [-0.2, -0.15) is 0 Å². The van der Waals surface area contributed by atoms with Gasteiger partial charge in [-0.05, 0) is 128 Å². The van der Waals surface area contributed by atoms with Crippen molar-refractivity contribution in [3.63, 3.8) is 0 Å². The van der Waals surface area contributed by atoms with Crippen LogP contribution in [0.15, 0.2) is 116 Å². The Morgan fingerprint density at radius 1 is 0.748 bits per heavy atom. The van der Waals surface area contributed by atoms with Crippen LogP contribution in [-0.2, 0) is 59.1 Å². The molecular formula is C76H86Cl2N12O25. The van der Waals surface area contributed by atoms with E-state index in [1.54, 1.807) is 38.1 Å². The number of carbonyl (C=O) groups excluding carboxylic acids is 7. The monoisotopic (exact) mass is 1640 g/mol. The minimum absolute atomic E-state index is 0.0805. The van der Waals surface area contributed by atoms with Gasteiger partial charge in [-0.15, -0.1) is 6.58 Å². The lowest BCUT2D eigenvalue weighted by atomic mass is 9.84. The number of phenolic OH excluding ortho intramolecular Hbond substituents is 3. The number of hydrogen-bond donors (Lipinski definition) is 22. The lowest BCUT2D eigenvalue weighted by molar-refractivity contribution is -0.334. The fraction of sp³-hybridized carbons (Fsp3) is 0.382. The number of fused-ring (bicyclic) bond motifs is 15. The second-order valence-corrected chi connectivity index (χ2v) is 29.0. The molecule has 7 amide bonds. The average Bonchev–Trinajstić information content (AvgIpc) is 0.767. The van der Waals surface area contributed by atoms with E-state index in [2.05, 4.69) is 49.1 Å². The summed E-state index contributed by atoms with van der Waals surface area (Å²) in [5.74, 6) is -16.4. The van der Waals surface area contributed by atoms with Gasteiger partial charge >= 0.3 is 5.97 Å². The van der Waals surface area contributed by atoms with Crippen LogP contribution >= 0.6 is 23.2 Å². The SMILES string of the molecule is C=CCCOc1cccc(CN[C@@]2(C)C[C@H](O[C@H]3[C@H](Oc4c5cc6cc4Oc4ccc(cc4Cl)[C@@H](O)[C@@H](NC(=O)[C@@H](N)CCCNC(=N)N)C(=O)N[C@@H](CC(N)=O)C(=O)N[C@H]6C(=O)N[C@H]4C(=O)N[C@H](C(=O)N[C@H](C(=O)O)c6cc(O)cc(O)c6-c6cc4ccc6O)[C@H](O)c4ccc(c(Cl)c4)O5)O[C@H](CO)[C@@H](O)[C@@H]3O)O[C@@H](C)[C@H]2O)c1. The van der Waals surface area contributed by atoms with Gasteiger partial charge in [-0.1, -0.05) is 59.6 Å². The van der Waals surface area contributed by atoms with Crippen molar-refractivity contribution in [2.24, 2.45) is 17.2 Å². The lowest BCUT2D eigenvalue weighted by Gasteiger charge is -2.48. The van der Waals surface area contributed by atoms with Crippen LogP contribution in [0.25, 0.3) is 11.1 Å². The Morgan fingerprint density at radius 3 is 2.04 bits per heavy atom. The molecule has 18 atom stereocenters. The maximum atomic E-state index is 16.2. The van der Waals surface area contributed by atoms with E-state index in [9.17, 15) is 75.0 Å². The number of rotatable bonds is 21. The first kappa shape index (κ1) is 84.7. The Morgan fingerprint density at radius 2 is 1.40 bits per heavy atom. The zero-order chi connectivity index (χ0) is 83.2. The number of primary amides is 1. The van der Waals surface area contributed by atoms with Crippen molar-refractivity contribution in [1.82, 2.24) is 42.5 Å². The number of carbonyl (C=O) groups is 8. The number of carboxylic acids is 1. The Labute approximate surface area is 664 Å².